The molecule has 0 amide bonds. The van der Waals surface area contributed by atoms with Crippen LogP contribution in [0.5, 0.6) is 0 Å². The van der Waals surface area contributed by atoms with Crippen LogP contribution < -0.4 is 10.2 Å². The molecule has 2 rings (SSSR count). The molecule has 1 N–H and O–H groups in total. The standard InChI is InChI=1S/C10H16N4S/c1-11-9-5-10(13-7-12-9)14(2)8-3-4-15-6-8/h5,7-8H,3-4,6H2,1-2H3,(H,11,12,13). The van der Waals surface area contributed by atoms with Crippen LogP contribution in [0.3, 0.4) is 0 Å². The molecule has 1 saturated heterocycles. The van der Waals surface area contributed by atoms with Crippen LogP contribution in [0.1, 0.15) is 6.42 Å². The van der Waals surface area contributed by atoms with Crippen LogP contribution in [0.2, 0.25) is 0 Å². The second-order valence-corrected chi connectivity index (χ2v) is 4.79. The highest BCUT2D eigenvalue weighted by Crippen LogP contribution is 2.25. The van der Waals surface area contributed by atoms with Crippen molar-refractivity contribution in [3.05, 3.63) is 12.4 Å². The Labute approximate surface area is 94.5 Å². The van der Waals surface area contributed by atoms with Gasteiger partial charge in [0.1, 0.15) is 18.0 Å². The SMILES string of the molecule is CNc1cc(N(C)C2CCSC2)ncn1. The molecular weight excluding hydrogens is 208 g/mol. The second-order valence-electron chi connectivity index (χ2n) is 3.64. The molecule has 1 aliphatic heterocycles. The number of nitrogens with one attached hydrogen (secondary N) is 1. The van der Waals surface area contributed by atoms with Crippen molar-refractivity contribution in [1.29, 1.82) is 0 Å². The highest BCUT2D eigenvalue weighted by molar-refractivity contribution is 7.99. The van der Waals surface area contributed by atoms with Crippen molar-refractivity contribution in [2.75, 3.05) is 35.8 Å². The average molecular weight is 224 g/mol. The zero-order chi connectivity index (χ0) is 10.7. The number of rotatable bonds is 3. The molecule has 1 aromatic rings. The Balaban J connectivity index is 2.13. The first kappa shape index (κ1) is 10.5. The molecule has 4 nitrogen and oxygen atoms in total. The molecule has 0 bridgehead atoms. The van der Waals surface area contributed by atoms with E-state index in [0.29, 0.717) is 6.04 Å². The zero-order valence-electron chi connectivity index (χ0n) is 9.10. The number of nitrogens with zero attached hydrogens (tertiary/aromatic N) is 3. The third-order valence-corrected chi connectivity index (χ3v) is 3.87. The maximum absolute atomic E-state index is 4.30. The highest BCUT2D eigenvalue weighted by atomic mass is 32.2. The summed E-state index contributed by atoms with van der Waals surface area (Å²) in [5.74, 6) is 4.34. The minimum absolute atomic E-state index is 0.620. The van der Waals surface area contributed by atoms with Gasteiger partial charge >= 0.3 is 0 Å². The molecule has 0 saturated carbocycles. The normalized spacial score (nSPS) is 20.3. The number of anilines is 2. The lowest BCUT2D eigenvalue weighted by Gasteiger charge is -2.24. The molecule has 1 fully saturated rings. The number of hydrogen-bond donors (Lipinski definition) is 1. The monoisotopic (exact) mass is 224 g/mol. The molecule has 0 radical (unpaired) electrons. The molecular formula is C10H16N4S. The van der Waals surface area contributed by atoms with Gasteiger partial charge in [-0.2, -0.15) is 11.8 Å². The van der Waals surface area contributed by atoms with E-state index in [1.165, 1.54) is 17.9 Å². The Morgan fingerprint density at radius 2 is 2.40 bits per heavy atom. The van der Waals surface area contributed by atoms with Crippen molar-refractivity contribution in [3.63, 3.8) is 0 Å². The zero-order valence-corrected chi connectivity index (χ0v) is 9.92. The van der Waals surface area contributed by atoms with Crippen molar-refractivity contribution in [2.45, 2.75) is 12.5 Å². The summed E-state index contributed by atoms with van der Waals surface area (Å²) in [6.07, 6.45) is 2.86. The molecule has 15 heavy (non-hydrogen) atoms. The smallest absolute Gasteiger partial charge is 0.134 e. The lowest BCUT2D eigenvalue weighted by atomic mass is 10.2. The van der Waals surface area contributed by atoms with Gasteiger partial charge in [-0.1, -0.05) is 0 Å². The van der Waals surface area contributed by atoms with Crippen molar-refractivity contribution >= 4 is 23.4 Å². The minimum atomic E-state index is 0.620. The van der Waals surface area contributed by atoms with Gasteiger partial charge in [-0.15, -0.1) is 0 Å². The molecule has 0 aliphatic carbocycles. The number of hydrogen-bond acceptors (Lipinski definition) is 5. The predicted molar refractivity (Wildman–Crippen MR) is 65.7 cm³/mol. The molecule has 0 aromatic carbocycles. The van der Waals surface area contributed by atoms with Gasteiger partial charge in [-0.25, -0.2) is 9.97 Å². The van der Waals surface area contributed by atoms with Crippen LogP contribution in [-0.4, -0.2) is 41.6 Å². The van der Waals surface area contributed by atoms with Gasteiger partial charge in [0.15, 0.2) is 0 Å². The lowest BCUT2D eigenvalue weighted by molar-refractivity contribution is 0.691. The summed E-state index contributed by atoms with van der Waals surface area (Å²) in [4.78, 5) is 10.7. The minimum Gasteiger partial charge on any atom is -0.373 e. The molecule has 1 aromatic heterocycles. The van der Waals surface area contributed by atoms with Gasteiger partial charge in [-0.3, -0.25) is 0 Å². The van der Waals surface area contributed by atoms with Crippen LogP contribution in [0.25, 0.3) is 0 Å². The summed E-state index contributed by atoms with van der Waals surface area (Å²) >= 11 is 2.01. The van der Waals surface area contributed by atoms with E-state index in [9.17, 15) is 0 Å². The fourth-order valence-corrected chi connectivity index (χ4v) is 2.96. The second kappa shape index (κ2) is 4.70. The third kappa shape index (κ3) is 2.34. The quantitative estimate of drug-likeness (QED) is 0.842. The van der Waals surface area contributed by atoms with E-state index in [1.54, 1.807) is 6.33 Å². The Morgan fingerprint density at radius 3 is 3.07 bits per heavy atom. The van der Waals surface area contributed by atoms with Gasteiger partial charge in [0.2, 0.25) is 0 Å². The molecule has 2 heterocycles. The van der Waals surface area contributed by atoms with Crippen molar-refractivity contribution in [3.8, 4) is 0 Å². The molecule has 5 heteroatoms. The van der Waals surface area contributed by atoms with Crippen LogP contribution in [-0.2, 0) is 0 Å². The van der Waals surface area contributed by atoms with Crippen LogP contribution >= 0.6 is 11.8 Å². The fraction of sp³-hybridized carbons (Fsp3) is 0.600. The molecule has 82 valence electrons. The van der Waals surface area contributed by atoms with Crippen LogP contribution in [0.4, 0.5) is 11.6 Å². The Kier molecular flexibility index (Phi) is 3.30. The summed E-state index contributed by atoms with van der Waals surface area (Å²) < 4.78 is 0. The molecule has 0 spiro atoms. The van der Waals surface area contributed by atoms with E-state index in [4.69, 9.17) is 0 Å². The van der Waals surface area contributed by atoms with Gasteiger partial charge in [-0.05, 0) is 12.2 Å². The molecule has 1 aliphatic rings. The predicted octanol–water partition coefficient (Wildman–Crippen LogP) is 1.46. The highest BCUT2D eigenvalue weighted by Gasteiger charge is 2.21. The van der Waals surface area contributed by atoms with Crippen molar-refractivity contribution in [1.82, 2.24) is 9.97 Å². The molecule has 1 atom stereocenters. The Morgan fingerprint density at radius 1 is 1.53 bits per heavy atom. The maximum atomic E-state index is 4.30. The maximum Gasteiger partial charge on any atom is 0.134 e. The number of aromatic nitrogens is 2. The van der Waals surface area contributed by atoms with E-state index in [2.05, 4.69) is 27.2 Å². The van der Waals surface area contributed by atoms with E-state index in [-0.39, 0.29) is 0 Å². The Hall–Kier alpha value is -0.970. The van der Waals surface area contributed by atoms with E-state index < -0.39 is 0 Å². The summed E-state index contributed by atoms with van der Waals surface area (Å²) in [5, 5.41) is 3.03. The van der Waals surface area contributed by atoms with Crippen LogP contribution in [0.15, 0.2) is 12.4 Å². The van der Waals surface area contributed by atoms with E-state index >= 15 is 0 Å². The Bertz CT molecular complexity index is 325. The van der Waals surface area contributed by atoms with Crippen molar-refractivity contribution in [2.24, 2.45) is 0 Å². The fourth-order valence-electron chi connectivity index (χ4n) is 1.69. The van der Waals surface area contributed by atoms with E-state index in [0.717, 1.165) is 11.6 Å². The van der Waals surface area contributed by atoms with Crippen LogP contribution in [0, 0.1) is 0 Å². The summed E-state index contributed by atoms with van der Waals surface area (Å²) in [6.45, 7) is 0. The van der Waals surface area contributed by atoms with Gasteiger partial charge in [0.05, 0.1) is 0 Å². The first-order valence-corrected chi connectivity index (χ1v) is 6.27. The topological polar surface area (TPSA) is 41.0 Å². The van der Waals surface area contributed by atoms with Gasteiger partial charge < -0.3 is 10.2 Å². The van der Waals surface area contributed by atoms with Crippen molar-refractivity contribution < 1.29 is 0 Å². The summed E-state index contributed by atoms with van der Waals surface area (Å²) in [5.41, 5.74) is 0. The largest absolute Gasteiger partial charge is 0.373 e. The third-order valence-electron chi connectivity index (χ3n) is 2.72. The summed E-state index contributed by atoms with van der Waals surface area (Å²) in [6, 6.07) is 2.61. The molecule has 1 unspecified atom stereocenters. The number of thioether (sulfide) groups is 1. The first-order chi connectivity index (χ1) is 7.31. The average Bonchev–Trinajstić information content (AvgIpc) is 2.81. The lowest BCUT2D eigenvalue weighted by Crippen LogP contribution is -2.31. The first-order valence-electron chi connectivity index (χ1n) is 5.11. The van der Waals surface area contributed by atoms with Gasteiger partial charge in [0.25, 0.3) is 0 Å². The summed E-state index contributed by atoms with van der Waals surface area (Å²) in [7, 11) is 3.98. The van der Waals surface area contributed by atoms with Gasteiger partial charge in [0, 0.05) is 32.0 Å². The van der Waals surface area contributed by atoms with E-state index in [1.807, 2.05) is 24.9 Å².